The zero-order chi connectivity index (χ0) is 17.9. The molecular formula is C18H32N2O4. The topological polar surface area (TPSA) is 83.0 Å². The van der Waals surface area contributed by atoms with Crippen LogP contribution in [0.4, 0.5) is 0 Å². The van der Waals surface area contributed by atoms with Gasteiger partial charge in [0.25, 0.3) is 0 Å². The maximum Gasteiger partial charge on any atom is 0.161 e. The van der Waals surface area contributed by atoms with E-state index in [9.17, 15) is 10.2 Å². The number of hydrogen-bond donors (Lipinski definition) is 4. The fourth-order valence-electron chi connectivity index (χ4n) is 1.92. The molecule has 138 valence electrons. The second-order valence-electron chi connectivity index (χ2n) is 6.50. The summed E-state index contributed by atoms with van der Waals surface area (Å²) in [6, 6.07) is 7.90. The lowest BCUT2D eigenvalue weighted by Crippen LogP contribution is -2.35. The molecule has 6 heteroatoms. The van der Waals surface area contributed by atoms with Crippen molar-refractivity contribution in [3.63, 3.8) is 0 Å². The minimum absolute atomic E-state index is 0.178. The Bertz CT molecular complexity index is 413. The van der Waals surface area contributed by atoms with Crippen LogP contribution < -0.4 is 20.1 Å². The van der Waals surface area contributed by atoms with Crippen LogP contribution in [-0.4, -0.2) is 60.8 Å². The monoisotopic (exact) mass is 340 g/mol. The summed E-state index contributed by atoms with van der Waals surface area (Å²) in [7, 11) is 0. The molecule has 0 aliphatic heterocycles. The average molecular weight is 340 g/mol. The van der Waals surface area contributed by atoms with Crippen LogP contribution in [0.25, 0.3) is 0 Å². The number of aliphatic hydroxyl groups excluding tert-OH is 2. The summed E-state index contributed by atoms with van der Waals surface area (Å²) in [6.07, 6.45) is -1.19. The van der Waals surface area contributed by atoms with E-state index in [-0.39, 0.29) is 13.2 Å². The van der Waals surface area contributed by atoms with E-state index < -0.39 is 12.2 Å². The molecule has 0 aromatic heterocycles. The summed E-state index contributed by atoms with van der Waals surface area (Å²) in [6.45, 7) is 9.40. The van der Waals surface area contributed by atoms with Gasteiger partial charge < -0.3 is 30.3 Å². The van der Waals surface area contributed by atoms with Gasteiger partial charge in [0.2, 0.25) is 0 Å². The van der Waals surface area contributed by atoms with Gasteiger partial charge in [0.05, 0.1) is 0 Å². The molecule has 0 unspecified atom stereocenters. The van der Waals surface area contributed by atoms with Crippen LogP contribution in [0.3, 0.4) is 0 Å². The zero-order valence-corrected chi connectivity index (χ0v) is 15.2. The Morgan fingerprint density at radius 1 is 0.792 bits per heavy atom. The third-order valence-electron chi connectivity index (χ3n) is 3.24. The Kier molecular flexibility index (Phi) is 9.71. The van der Waals surface area contributed by atoms with Crippen LogP contribution in [0.1, 0.15) is 27.7 Å². The highest BCUT2D eigenvalue weighted by atomic mass is 16.5. The molecule has 0 fully saturated rings. The van der Waals surface area contributed by atoms with Gasteiger partial charge in [-0.3, -0.25) is 0 Å². The molecule has 24 heavy (non-hydrogen) atoms. The number of aliphatic hydroxyl groups is 2. The predicted molar refractivity (Wildman–Crippen MR) is 95.7 cm³/mol. The molecular weight excluding hydrogens is 308 g/mol. The van der Waals surface area contributed by atoms with Crippen LogP contribution in [0, 0.1) is 0 Å². The first-order chi connectivity index (χ1) is 11.4. The highest BCUT2D eigenvalue weighted by Gasteiger charge is 2.11. The molecule has 1 aromatic rings. The minimum Gasteiger partial charge on any atom is -0.487 e. The highest BCUT2D eigenvalue weighted by molar-refractivity contribution is 5.39. The van der Waals surface area contributed by atoms with Gasteiger partial charge in [-0.25, -0.2) is 0 Å². The van der Waals surface area contributed by atoms with Crippen molar-refractivity contribution >= 4 is 0 Å². The smallest absolute Gasteiger partial charge is 0.161 e. The molecule has 1 rings (SSSR count). The van der Waals surface area contributed by atoms with Crippen molar-refractivity contribution in [3.05, 3.63) is 24.3 Å². The lowest BCUT2D eigenvalue weighted by Gasteiger charge is -2.18. The van der Waals surface area contributed by atoms with E-state index in [4.69, 9.17) is 9.47 Å². The van der Waals surface area contributed by atoms with Crippen molar-refractivity contribution in [1.82, 2.24) is 10.6 Å². The largest absolute Gasteiger partial charge is 0.487 e. The highest BCUT2D eigenvalue weighted by Crippen LogP contribution is 2.26. The van der Waals surface area contributed by atoms with Crippen LogP contribution in [-0.2, 0) is 0 Å². The molecule has 0 saturated heterocycles. The van der Waals surface area contributed by atoms with E-state index in [1.54, 1.807) is 12.1 Å². The summed E-state index contributed by atoms with van der Waals surface area (Å²) >= 11 is 0. The van der Waals surface area contributed by atoms with Gasteiger partial charge in [0.15, 0.2) is 11.5 Å². The molecule has 6 nitrogen and oxygen atoms in total. The average Bonchev–Trinajstić information content (AvgIpc) is 2.55. The molecule has 0 bridgehead atoms. The maximum atomic E-state index is 9.91. The molecule has 2 atom stereocenters. The number of para-hydroxylation sites is 2. The summed E-state index contributed by atoms with van der Waals surface area (Å²) in [5.41, 5.74) is 0. The second kappa shape index (κ2) is 11.3. The Hall–Kier alpha value is -1.34. The first-order valence-electron chi connectivity index (χ1n) is 8.56. The Labute approximate surface area is 145 Å². The zero-order valence-electron chi connectivity index (χ0n) is 15.2. The van der Waals surface area contributed by atoms with Crippen molar-refractivity contribution in [1.29, 1.82) is 0 Å². The normalized spacial score (nSPS) is 14.0. The predicted octanol–water partition coefficient (Wildman–Crippen LogP) is 1.16. The summed E-state index contributed by atoms with van der Waals surface area (Å²) in [4.78, 5) is 0. The Morgan fingerprint density at radius 3 is 1.50 bits per heavy atom. The van der Waals surface area contributed by atoms with Gasteiger partial charge in [0, 0.05) is 25.2 Å². The standard InChI is InChI=1S/C18H32N2O4/c1-13(2)19-9-15(21)11-23-17-7-5-6-8-18(17)24-12-16(22)10-20-14(3)4/h5-8,13-16,19-22H,9-12H2,1-4H3/t15-,16-/m1/s1. The molecule has 0 aliphatic rings. The molecule has 1 aromatic carbocycles. The third kappa shape index (κ3) is 9.08. The lowest BCUT2D eigenvalue weighted by molar-refractivity contribution is 0.0909. The number of nitrogens with one attached hydrogen (secondary N) is 2. The van der Waals surface area contributed by atoms with Crippen LogP contribution in [0.2, 0.25) is 0 Å². The summed E-state index contributed by atoms with van der Waals surface area (Å²) in [5, 5.41) is 26.1. The molecule has 0 aliphatic carbocycles. The molecule has 0 heterocycles. The van der Waals surface area contributed by atoms with E-state index in [0.717, 1.165) is 0 Å². The SMILES string of the molecule is CC(C)NC[C@@H](O)COc1ccccc1OC[C@H](O)CNC(C)C. The van der Waals surface area contributed by atoms with Gasteiger partial charge >= 0.3 is 0 Å². The van der Waals surface area contributed by atoms with Gasteiger partial charge in [-0.05, 0) is 12.1 Å². The van der Waals surface area contributed by atoms with Crippen LogP contribution in [0.5, 0.6) is 11.5 Å². The molecule has 0 amide bonds. The van der Waals surface area contributed by atoms with E-state index in [1.807, 2.05) is 39.8 Å². The fourth-order valence-corrected chi connectivity index (χ4v) is 1.92. The Morgan fingerprint density at radius 2 is 1.17 bits per heavy atom. The second-order valence-corrected chi connectivity index (χ2v) is 6.50. The van der Waals surface area contributed by atoms with Gasteiger partial charge in [-0.15, -0.1) is 0 Å². The maximum absolute atomic E-state index is 9.91. The van der Waals surface area contributed by atoms with Crippen molar-refractivity contribution in [2.45, 2.75) is 52.0 Å². The summed E-state index contributed by atoms with van der Waals surface area (Å²) in [5.74, 6) is 1.12. The molecule has 4 N–H and O–H groups in total. The third-order valence-corrected chi connectivity index (χ3v) is 3.24. The molecule has 0 saturated carbocycles. The first-order valence-corrected chi connectivity index (χ1v) is 8.56. The lowest BCUT2D eigenvalue weighted by atomic mass is 10.3. The van der Waals surface area contributed by atoms with E-state index in [2.05, 4.69) is 10.6 Å². The van der Waals surface area contributed by atoms with Crippen molar-refractivity contribution in [3.8, 4) is 11.5 Å². The van der Waals surface area contributed by atoms with Crippen LogP contribution in [0.15, 0.2) is 24.3 Å². The van der Waals surface area contributed by atoms with Crippen molar-refractivity contribution in [2.24, 2.45) is 0 Å². The van der Waals surface area contributed by atoms with Crippen LogP contribution >= 0.6 is 0 Å². The fraction of sp³-hybridized carbons (Fsp3) is 0.667. The number of hydrogen-bond acceptors (Lipinski definition) is 6. The molecule has 0 spiro atoms. The first kappa shape index (κ1) is 20.7. The van der Waals surface area contributed by atoms with Gasteiger partial charge in [0.1, 0.15) is 25.4 Å². The quantitative estimate of drug-likeness (QED) is 0.457. The number of benzene rings is 1. The number of ether oxygens (including phenoxy) is 2. The van der Waals surface area contributed by atoms with E-state index in [0.29, 0.717) is 36.7 Å². The van der Waals surface area contributed by atoms with E-state index >= 15 is 0 Å². The number of rotatable bonds is 12. The molecule has 0 radical (unpaired) electrons. The Balaban J connectivity index is 2.43. The summed E-state index contributed by atoms with van der Waals surface area (Å²) < 4.78 is 11.3. The van der Waals surface area contributed by atoms with E-state index in [1.165, 1.54) is 0 Å². The van der Waals surface area contributed by atoms with Gasteiger partial charge in [-0.2, -0.15) is 0 Å². The van der Waals surface area contributed by atoms with Crippen molar-refractivity contribution < 1.29 is 19.7 Å². The van der Waals surface area contributed by atoms with Gasteiger partial charge in [-0.1, -0.05) is 39.8 Å². The minimum atomic E-state index is -0.596. The van der Waals surface area contributed by atoms with Crippen molar-refractivity contribution in [2.75, 3.05) is 26.3 Å².